The molecule has 1 atom stereocenters. The van der Waals surface area contributed by atoms with Crippen LogP contribution in [0.2, 0.25) is 5.02 Å². The van der Waals surface area contributed by atoms with E-state index in [0.717, 1.165) is 16.3 Å². The highest BCUT2D eigenvalue weighted by molar-refractivity contribution is 6.33. The fourth-order valence-electron chi connectivity index (χ4n) is 1.70. The van der Waals surface area contributed by atoms with E-state index in [1.807, 2.05) is 37.4 Å². The Morgan fingerprint density at radius 3 is 2.71 bits per heavy atom. The Morgan fingerprint density at radius 2 is 2.06 bits per heavy atom. The number of rotatable bonds is 3. The second-order valence-electron chi connectivity index (χ2n) is 3.96. The second kappa shape index (κ2) is 5.30. The van der Waals surface area contributed by atoms with Crippen molar-refractivity contribution in [2.24, 2.45) is 0 Å². The molecule has 1 aromatic heterocycles. The van der Waals surface area contributed by atoms with Crippen LogP contribution in [0.1, 0.15) is 18.5 Å². The van der Waals surface area contributed by atoms with Crippen molar-refractivity contribution >= 4 is 11.6 Å². The summed E-state index contributed by atoms with van der Waals surface area (Å²) in [6.07, 6.45) is 1.78. The highest BCUT2D eigenvalue weighted by Gasteiger charge is 2.08. The van der Waals surface area contributed by atoms with E-state index >= 15 is 0 Å². The minimum absolute atomic E-state index is 0.301. The summed E-state index contributed by atoms with van der Waals surface area (Å²) in [5.41, 5.74) is 3.09. The molecule has 0 radical (unpaired) electrons. The smallest absolute Gasteiger partial charge is 0.0717 e. The summed E-state index contributed by atoms with van der Waals surface area (Å²) in [5.74, 6) is 0. The van der Waals surface area contributed by atoms with Gasteiger partial charge in [0.15, 0.2) is 0 Å². The minimum Gasteiger partial charge on any atom is -0.313 e. The number of nitrogens with zero attached hydrogens (tertiary/aromatic N) is 1. The van der Waals surface area contributed by atoms with Gasteiger partial charge < -0.3 is 5.32 Å². The average molecular weight is 247 g/mol. The number of pyridine rings is 1. The Balaban J connectivity index is 2.47. The molecule has 0 aliphatic rings. The van der Waals surface area contributed by atoms with E-state index in [-0.39, 0.29) is 0 Å². The summed E-state index contributed by atoms with van der Waals surface area (Å²) in [6.45, 7) is 2.12. The first-order valence-electron chi connectivity index (χ1n) is 5.60. The van der Waals surface area contributed by atoms with Crippen molar-refractivity contribution in [2.75, 3.05) is 7.05 Å². The Bertz CT molecular complexity index is 497. The highest BCUT2D eigenvalue weighted by Crippen LogP contribution is 2.29. The van der Waals surface area contributed by atoms with Gasteiger partial charge >= 0.3 is 0 Å². The maximum atomic E-state index is 6.22. The summed E-state index contributed by atoms with van der Waals surface area (Å²) in [5, 5.41) is 3.95. The van der Waals surface area contributed by atoms with Gasteiger partial charge in [0.05, 0.1) is 5.69 Å². The number of benzene rings is 1. The maximum Gasteiger partial charge on any atom is 0.0717 e. The summed E-state index contributed by atoms with van der Waals surface area (Å²) < 4.78 is 0. The normalized spacial score (nSPS) is 12.4. The van der Waals surface area contributed by atoms with Crippen molar-refractivity contribution in [2.45, 2.75) is 13.0 Å². The molecule has 1 heterocycles. The highest BCUT2D eigenvalue weighted by atomic mass is 35.5. The molecule has 88 valence electrons. The lowest BCUT2D eigenvalue weighted by Crippen LogP contribution is -2.12. The molecular formula is C14H15ClN2. The topological polar surface area (TPSA) is 24.9 Å². The van der Waals surface area contributed by atoms with E-state index in [1.54, 1.807) is 6.20 Å². The number of hydrogen-bond acceptors (Lipinski definition) is 2. The standard InChI is InChI=1S/C14H15ClN2/c1-10(16-2)11-6-7-13(15)12(9-11)14-5-3-4-8-17-14/h3-10,16H,1-2H3. The van der Waals surface area contributed by atoms with Crippen LogP contribution >= 0.6 is 11.6 Å². The van der Waals surface area contributed by atoms with E-state index in [9.17, 15) is 0 Å². The van der Waals surface area contributed by atoms with Crippen molar-refractivity contribution < 1.29 is 0 Å². The van der Waals surface area contributed by atoms with Crippen molar-refractivity contribution in [3.8, 4) is 11.3 Å². The van der Waals surface area contributed by atoms with Gasteiger partial charge in [-0.1, -0.05) is 23.7 Å². The average Bonchev–Trinajstić information content (AvgIpc) is 2.39. The largest absolute Gasteiger partial charge is 0.313 e. The Kier molecular flexibility index (Phi) is 3.77. The van der Waals surface area contributed by atoms with Crippen LogP contribution in [0.25, 0.3) is 11.3 Å². The molecule has 0 aliphatic heterocycles. The zero-order valence-electron chi connectivity index (χ0n) is 9.94. The predicted molar refractivity (Wildman–Crippen MR) is 72.2 cm³/mol. The SMILES string of the molecule is CNC(C)c1ccc(Cl)c(-c2ccccn2)c1. The number of nitrogens with one attached hydrogen (secondary N) is 1. The lowest BCUT2D eigenvalue weighted by atomic mass is 10.0. The first-order chi connectivity index (χ1) is 8.22. The van der Waals surface area contributed by atoms with Gasteiger partial charge in [-0.05, 0) is 43.8 Å². The van der Waals surface area contributed by atoms with Gasteiger partial charge in [0.1, 0.15) is 0 Å². The molecule has 17 heavy (non-hydrogen) atoms. The molecule has 2 rings (SSSR count). The van der Waals surface area contributed by atoms with Crippen LogP contribution in [-0.4, -0.2) is 12.0 Å². The van der Waals surface area contributed by atoms with Gasteiger partial charge in [-0.15, -0.1) is 0 Å². The van der Waals surface area contributed by atoms with Crippen molar-refractivity contribution in [3.63, 3.8) is 0 Å². The number of hydrogen-bond donors (Lipinski definition) is 1. The van der Waals surface area contributed by atoms with Crippen LogP contribution in [0.15, 0.2) is 42.6 Å². The molecule has 0 bridgehead atoms. The van der Waals surface area contributed by atoms with Crippen molar-refractivity contribution in [1.82, 2.24) is 10.3 Å². The molecule has 0 aliphatic carbocycles. The molecule has 0 fully saturated rings. The molecule has 1 unspecified atom stereocenters. The van der Waals surface area contributed by atoms with Gasteiger partial charge in [0, 0.05) is 22.8 Å². The summed E-state index contributed by atoms with van der Waals surface area (Å²) in [6, 6.07) is 12.2. The van der Waals surface area contributed by atoms with Gasteiger partial charge in [0.2, 0.25) is 0 Å². The fraction of sp³-hybridized carbons (Fsp3) is 0.214. The third-order valence-corrected chi connectivity index (χ3v) is 3.19. The zero-order valence-corrected chi connectivity index (χ0v) is 10.7. The van der Waals surface area contributed by atoms with Gasteiger partial charge in [0.25, 0.3) is 0 Å². The van der Waals surface area contributed by atoms with E-state index in [0.29, 0.717) is 6.04 Å². The molecule has 0 saturated carbocycles. The van der Waals surface area contributed by atoms with Crippen LogP contribution in [0.4, 0.5) is 0 Å². The van der Waals surface area contributed by atoms with E-state index in [1.165, 1.54) is 5.56 Å². The first-order valence-corrected chi connectivity index (χ1v) is 5.98. The lowest BCUT2D eigenvalue weighted by Gasteiger charge is -2.13. The molecule has 1 N–H and O–H groups in total. The Hall–Kier alpha value is -1.38. The third kappa shape index (κ3) is 2.65. The van der Waals surface area contributed by atoms with E-state index in [2.05, 4.69) is 23.3 Å². The van der Waals surface area contributed by atoms with E-state index in [4.69, 9.17) is 11.6 Å². The summed E-state index contributed by atoms with van der Waals surface area (Å²) in [7, 11) is 1.94. The zero-order chi connectivity index (χ0) is 12.3. The molecule has 0 spiro atoms. The van der Waals surface area contributed by atoms with Crippen LogP contribution < -0.4 is 5.32 Å². The maximum absolute atomic E-state index is 6.22. The van der Waals surface area contributed by atoms with Crippen LogP contribution in [0.3, 0.4) is 0 Å². The molecule has 0 saturated heterocycles. The van der Waals surface area contributed by atoms with Crippen LogP contribution in [0, 0.1) is 0 Å². The molecule has 1 aromatic carbocycles. The molecule has 0 amide bonds. The van der Waals surface area contributed by atoms with Crippen LogP contribution in [0.5, 0.6) is 0 Å². The Labute approximate surface area is 107 Å². The third-order valence-electron chi connectivity index (χ3n) is 2.86. The molecular weight excluding hydrogens is 232 g/mol. The Morgan fingerprint density at radius 1 is 1.24 bits per heavy atom. The van der Waals surface area contributed by atoms with Gasteiger partial charge in [-0.2, -0.15) is 0 Å². The predicted octanol–water partition coefficient (Wildman–Crippen LogP) is 3.68. The van der Waals surface area contributed by atoms with Gasteiger partial charge in [-0.25, -0.2) is 0 Å². The summed E-state index contributed by atoms with van der Waals surface area (Å²) >= 11 is 6.22. The second-order valence-corrected chi connectivity index (χ2v) is 4.37. The minimum atomic E-state index is 0.301. The van der Waals surface area contributed by atoms with Crippen LogP contribution in [-0.2, 0) is 0 Å². The lowest BCUT2D eigenvalue weighted by molar-refractivity contribution is 0.652. The monoisotopic (exact) mass is 246 g/mol. The molecule has 2 nitrogen and oxygen atoms in total. The summed E-state index contributed by atoms with van der Waals surface area (Å²) in [4.78, 5) is 4.33. The molecule has 3 heteroatoms. The van der Waals surface area contributed by atoms with E-state index < -0.39 is 0 Å². The van der Waals surface area contributed by atoms with Crippen molar-refractivity contribution in [1.29, 1.82) is 0 Å². The quantitative estimate of drug-likeness (QED) is 0.894. The fourth-order valence-corrected chi connectivity index (χ4v) is 1.91. The molecule has 2 aromatic rings. The van der Waals surface area contributed by atoms with Gasteiger partial charge in [-0.3, -0.25) is 4.98 Å². The van der Waals surface area contributed by atoms with Crippen molar-refractivity contribution in [3.05, 3.63) is 53.2 Å². The first kappa shape index (κ1) is 12.1. The number of aromatic nitrogens is 1. The number of halogens is 1.